The van der Waals surface area contributed by atoms with Crippen LogP contribution in [0.15, 0.2) is 42.6 Å². The third-order valence-corrected chi connectivity index (χ3v) is 4.80. The summed E-state index contributed by atoms with van der Waals surface area (Å²) in [5.74, 6) is -0.0675. The van der Waals surface area contributed by atoms with Crippen LogP contribution in [-0.2, 0) is 4.74 Å². The van der Waals surface area contributed by atoms with Crippen LogP contribution in [-0.4, -0.2) is 50.5 Å². The summed E-state index contributed by atoms with van der Waals surface area (Å²) in [5.41, 5.74) is 4.46. The van der Waals surface area contributed by atoms with Crippen molar-refractivity contribution in [3.8, 4) is 5.69 Å². The minimum Gasteiger partial charge on any atom is -0.377 e. The highest BCUT2D eigenvalue weighted by atomic mass is 16.5. The van der Waals surface area contributed by atoms with Crippen LogP contribution in [0.5, 0.6) is 0 Å². The molecule has 1 amide bonds. The molecular formula is C19H21N5O2. The first-order valence-corrected chi connectivity index (χ1v) is 8.66. The molecule has 1 fully saturated rings. The molecule has 3 aromatic rings. The molecule has 0 spiro atoms. The van der Waals surface area contributed by atoms with E-state index in [1.165, 1.54) is 0 Å². The molecule has 1 N–H and O–H groups in total. The molecule has 0 saturated carbocycles. The van der Waals surface area contributed by atoms with Crippen molar-refractivity contribution in [1.29, 1.82) is 0 Å². The third-order valence-electron chi connectivity index (χ3n) is 4.80. The van der Waals surface area contributed by atoms with Crippen LogP contribution in [0.25, 0.3) is 5.69 Å². The van der Waals surface area contributed by atoms with E-state index < -0.39 is 0 Å². The van der Waals surface area contributed by atoms with Crippen LogP contribution >= 0.6 is 0 Å². The van der Waals surface area contributed by atoms with Gasteiger partial charge in [0.05, 0.1) is 30.6 Å². The van der Waals surface area contributed by atoms with Crippen molar-refractivity contribution in [2.24, 2.45) is 0 Å². The summed E-state index contributed by atoms with van der Waals surface area (Å²) in [6.45, 7) is 5.55. The normalized spacial score (nSPS) is 17.5. The largest absolute Gasteiger partial charge is 0.377 e. The molecule has 3 heterocycles. The molecule has 26 heavy (non-hydrogen) atoms. The Morgan fingerprint density at radius 1 is 1.23 bits per heavy atom. The molecule has 1 aromatic carbocycles. The number of ether oxygens (including phenoxy) is 1. The summed E-state index contributed by atoms with van der Waals surface area (Å²) in [6, 6.07) is 11.5. The number of nitrogens with zero attached hydrogens (tertiary/aromatic N) is 4. The molecule has 7 nitrogen and oxygen atoms in total. The number of aromatic nitrogens is 4. The van der Waals surface area contributed by atoms with Gasteiger partial charge in [-0.1, -0.05) is 18.2 Å². The molecule has 1 saturated heterocycles. The van der Waals surface area contributed by atoms with Crippen molar-refractivity contribution in [2.75, 3.05) is 19.8 Å². The molecule has 1 aliphatic rings. The van der Waals surface area contributed by atoms with Gasteiger partial charge in [-0.25, -0.2) is 4.68 Å². The fraction of sp³-hybridized carbons (Fsp3) is 0.316. The summed E-state index contributed by atoms with van der Waals surface area (Å²) < 4.78 is 7.63. The predicted molar refractivity (Wildman–Crippen MR) is 96.2 cm³/mol. The average Bonchev–Trinajstić information content (AvgIpc) is 3.30. The van der Waals surface area contributed by atoms with Crippen molar-refractivity contribution in [1.82, 2.24) is 24.9 Å². The van der Waals surface area contributed by atoms with E-state index in [4.69, 9.17) is 9.84 Å². The topological polar surface area (TPSA) is 76.0 Å². The number of benzene rings is 1. The number of H-pyrrole nitrogens is 1. The number of aryl methyl sites for hydroxylation is 1. The Bertz CT molecular complexity index is 902. The van der Waals surface area contributed by atoms with Crippen LogP contribution in [0.4, 0.5) is 0 Å². The molecule has 1 atom stereocenters. The highest BCUT2D eigenvalue weighted by molar-refractivity contribution is 5.92. The molecule has 2 aromatic heterocycles. The quantitative estimate of drug-likeness (QED) is 0.786. The number of nitrogens with one attached hydrogen (secondary N) is 1. The SMILES string of the molecule is Cc1nn(-c2ccccc2)c(C)c1C1COCCN1C(=O)c1ccn[nH]1. The highest BCUT2D eigenvalue weighted by Crippen LogP contribution is 2.31. The van der Waals surface area contributed by atoms with Gasteiger partial charge in [0.2, 0.25) is 0 Å². The summed E-state index contributed by atoms with van der Waals surface area (Å²) >= 11 is 0. The number of para-hydroxylation sites is 1. The lowest BCUT2D eigenvalue weighted by atomic mass is 10.0. The van der Waals surface area contributed by atoms with Crippen LogP contribution < -0.4 is 0 Å². The minimum absolute atomic E-state index is 0.0675. The third kappa shape index (κ3) is 2.80. The first-order valence-electron chi connectivity index (χ1n) is 8.66. The average molecular weight is 351 g/mol. The Balaban J connectivity index is 1.73. The second kappa shape index (κ2) is 6.76. The van der Waals surface area contributed by atoms with Gasteiger partial charge in [0, 0.05) is 24.0 Å². The van der Waals surface area contributed by atoms with Gasteiger partial charge in [-0.3, -0.25) is 9.89 Å². The number of morpholine rings is 1. The number of carbonyl (C=O) groups is 1. The van der Waals surface area contributed by atoms with Crippen molar-refractivity contribution < 1.29 is 9.53 Å². The van der Waals surface area contributed by atoms with Gasteiger partial charge in [-0.15, -0.1) is 0 Å². The summed E-state index contributed by atoms with van der Waals surface area (Å²) in [7, 11) is 0. The van der Waals surface area contributed by atoms with Crippen molar-refractivity contribution in [2.45, 2.75) is 19.9 Å². The van der Waals surface area contributed by atoms with Crippen LogP contribution in [0.3, 0.4) is 0 Å². The Kier molecular flexibility index (Phi) is 4.30. The van der Waals surface area contributed by atoms with Crippen LogP contribution in [0.1, 0.15) is 33.5 Å². The van der Waals surface area contributed by atoms with Gasteiger partial charge < -0.3 is 9.64 Å². The zero-order valence-electron chi connectivity index (χ0n) is 14.8. The number of rotatable bonds is 3. The van der Waals surface area contributed by atoms with E-state index in [0.29, 0.717) is 25.5 Å². The Hall–Kier alpha value is -2.93. The lowest BCUT2D eigenvalue weighted by Gasteiger charge is -2.35. The summed E-state index contributed by atoms with van der Waals surface area (Å²) in [4.78, 5) is 14.8. The first-order chi connectivity index (χ1) is 12.7. The summed E-state index contributed by atoms with van der Waals surface area (Å²) in [6.07, 6.45) is 1.59. The van der Waals surface area contributed by atoms with Crippen molar-refractivity contribution in [3.05, 3.63) is 65.2 Å². The number of amides is 1. The number of hydrogen-bond acceptors (Lipinski definition) is 4. The molecule has 1 aliphatic heterocycles. The van der Waals surface area contributed by atoms with E-state index in [9.17, 15) is 4.79 Å². The monoisotopic (exact) mass is 351 g/mol. The van der Waals surface area contributed by atoms with E-state index >= 15 is 0 Å². The van der Waals surface area contributed by atoms with Crippen molar-refractivity contribution in [3.63, 3.8) is 0 Å². The first kappa shape index (κ1) is 16.5. The van der Waals surface area contributed by atoms with Crippen molar-refractivity contribution >= 4 is 5.91 Å². The highest BCUT2D eigenvalue weighted by Gasteiger charge is 2.33. The minimum atomic E-state index is -0.169. The van der Waals surface area contributed by atoms with E-state index in [1.54, 1.807) is 12.3 Å². The molecule has 0 aliphatic carbocycles. The fourth-order valence-corrected chi connectivity index (χ4v) is 3.57. The predicted octanol–water partition coefficient (Wildman–Crippen LogP) is 2.43. The zero-order chi connectivity index (χ0) is 18.1. The molecular weight excluding hydrogens is 330 g/mol. The van der Waals surface area contributed by atoms with Crippen LogP contribution in [0, 0.1) is 13.8 Å². The standard InChI is InChI=1S/C19H21N5O2/c1-13-18(14(2)24(22-13)15-6-4-3-5-7-15)17-12-26-11-10-23(17)19(25)16-8-9-20-21-16/h3-9,17H,10-12H2,1-2H3,(H,20,21). The second-order valence-corrected chi connectivity index (χ2v) is 6.39. The molecule has 7 heteroatoms. The second-order valence-electron chi connectivity index (χ2n) is 6.39. The van der Waals surface area contributed by atoms with Gasteiger partial charge in [-0.2, -0.15) is 10.2 Å². The zero-order valence-corrected chi connectivity index (χ0v) is 14.8. The molecule has 0 radical (unpaired) electrons. The van der Waals surface area contributed by atoms with Gasteiger partial charge in [0.15, 0.2) is 0 Å². The number of carbonyl (C=O) groups excluding carboxylic acids is 1. The summed E-state index contributed by atoms with van der Waals surface area (Å²) in [5, 5.41) is 11.4. The molecule has 134 valence electrons. The van der Waals surface area contributed by atoms with E-state index in [-0.39, 0.29) is 11.9 Å². The maximum Gasteiger partial charge on any atom is 0.272 e. The Labute approximate surface area is 151 Å². The lowest BCUT2D eigenvalue weighted by molar-refractivity contribution is -0.00334. The van der Waals surface area contributed by atoms with E-state index in [1.807, 2.05) is 53.8 Å². The maximum absolute atomic E-state index is 12.9. The molecule has 1 unspecified atom stereocenters. The van der Waals surface area contributed by atoms with E-state index in [2.05, 4.69) is 10.2 Å². The van der Waals surface area contributed by atoms with Gasteiger partial charge in [0.25, 0.3) is 5.91 Å². The Morgan fingerprint density at radius 2 is 2.04 bits per heavy atom. The smallest absolute Gasteiger partial charge is 0.272 e. The van der Waals surface area contributed by atoms with Gasteiger partial charge in [0.1, 0.15) is 5.69 Å². The Morgan fingerprint density at radius 3 is 2.77 bits per heavy atom. The molecule has 0 bridgehead atoms. The fourth-order valence-electron chi connectivity index (χ4n) is 3.57. The van der Waals surface area contributed by atoms with Gasteiger partial charge >= 0.3 is 0 Å². The maximum atomic E-state index is 12.9. The van der Waals surface area contributed by atoms with Gasteiger partial charge in [-0.05, 0) is 32.0 Å². The molecule has 4 rings (SSSR count). The van der Waals surface area contributed by atoms with E-state index in [0.717, 1.165) is 22.6 Å². The number of aromatic amines is 1. The number of hydrogen-bond donors (Lipinski definition) is 1. The van der Waals surface area contributed by atoms with Crippen LogP contribution in [0.2, 0.25) is 0 Å². The lowest BCUT2D eigenvalue weighted by Crippen LogP contribution is -2.44.